The van der Waals surface area contributed by atoms with E-state index in [0.29, 0.717) is 31.9 Å². The molecule has 0 saturated carbocycles. The van der Waals surface area contributed by atoms with Crippen LogP contribution in [0.2, 0.25) is 0 Å². The summed E-state index contributed by atoms with van der Waals surface area (Å²) >= 11 is 3.60. The van der Waals surface area contributed by atoms with Crippen LogP contribution in [0.1, 0.15) is 45.1 Å². The molecule has 1 atom stereocenters. The van der Waals surface area contributed by atoms with E-state index >= 15 is 0 Å². The molecule has 0 spiro atoms. The van der Waals surface area contributed by atoms with Crippen LogP contribution in [0.3, 0.4) is 0 Å². The third-order valence-electron chi connectivity index (χ3n) is 4.95. The number of piperazine rings is 1. The van der Waals surface area contributed by atoms with Crippen molar-refractivity contribution in [2.75, 3.05) is 19.6 Å². The fourth-order valence-electron chi connectivity index (χ4n) is 3.68. The van der Waals surface area contributed by atoms with E-state index in [1.54, 1.807) is 4.90 Å². The van der Waals surface area contributed by atoms with Crippen LogP contribution in [0.4, 0.5) is 4.79 Å². The Morgan fingerprint density at radius 1 is 1.25 bits per heavy atom. The molecule has 1 aliphatic rings. The molecule has 2 amide bonds. The summed E-state index contributed by atoms with van der Waals surface area (Å²) in [5.74, 6) is 0.000591. The molecule has 0 aliphatic carbocycles. The van der Waals surface area contributed by atoms with E-state index in [1.807, 2.05) is 68.4 Å². The monoisotopic (exact) mass is 449 g/mol. The summed E-state index contributed by atoms with van der Waals surface area (Å²) in [5.41, 5.74) is 1.19. The number of carbonyl (C=O) groups excluding carboxylic acids is 2. The van der Waals surface area contributed by atoms with Crippen LogP contribution < -0.4 is 0 Å². The lowest BCUT2D eigenvalue weighted by Crippen LogP contribution is -2.56. The highest BCUT2D eigenvalue weighted by Crippen LogP contribution is 2.28. The number of halogens is 1. The van der Waals surface area contributed by atoms with Crippen molar-refractivity contribution in [3.63, 3.8) is 0 Å². The Morgan fingerprint density at radius 2 is 1.96 bits per heavy atom. The highest BCUT2D eigenvalue weighted by atomic mass is 79.9. The molecule has 0 bridgehead atoms. The molecular weight excluding hydrogens is 422 g/mol. The number of benzene rings is 1. The maximum Gasteiger partial charge on any atom is 0.410 e. The minimum atomic E-state index is -0.529. The Bertz CT molecular complexity index is 900. The Labute approximate surface area is 174 Å². The maximum atomic E-state index is 13.3. The van der Waals surface area contributed by atoms with Gasteiger partial charge in [-0.25, -0.2) is 4.79 Å². The van der Waals surface area contributed by atoms with Crippen molar-refractivity contribution < 1.29 is 14.3 Å². The lowest BCUT2D eigenvalue weighted by atomic mass is 10.1. The van der Waals surface area contributed by atoms with E-state index in [1.165, 1.54) is 0 Å². The van der Waals surface area contributed by atoms with Gasteiger partial charge in [0.25, 0.3) is 5.91 Å². The largest absolute Gasteiger partial charge is 0.444 e. The number of hydrogen-bond donors (Lipinski definition) is 0. The van der Waals surface area contributed by atoms with Crippen molar-refractivity contribution in [2.45, 2.75) is 52.8 Å². The first kappa shape index (κ1) is 20.7. The molecule has 152 valence electrons. The van der Waals surface area contributed by atoms with Crippen LogP contribution in [0, 0.1) is 0 Å². The average molecular weight is 450 g/mol. The van der Waals surface area contributed by atoms with Gasteiger partial charge in [-0.3, -0.25) is 4.79 Å². The van der Waals surface area contributed by atoms with E-state index in [-0.39, 0.29) is 18.0 Å². The van der Waals surface area contributed by atoms with Crippen LogP contribution in [0.25, 0.3) is 10.9 Å². The highest BCUT2D eigenvalue weighted by Gasteiger charge is 2.33. The van der Waals surface area contributed by atoms with Crippen molar-refractivity contribution in [1.82, 2.24) is 14.4 Å². The molecule has 3 rings (SSSR count). The predicted molar refractivity (Wildman–Crippen MR) is 114 cm³/mol. The standard InChI is InChI=1S/C21H28BrN3O3/c1-6-24-17(12-15-8-7-9-16(22)18(15)24)19(26)23-10-11-25(14(2)13-23)20(27)28-21(3,4)5/h7-9,12,14H,6,10-11,13H2,1-5H3/t14-/m1/s1. The molecule has 1 saturated heterocycles. The summed E-state index contributed by atoms with van der Waals surface area (Å²) in [6.45, 7) is 11.7. The normalized spacial score (nSPS) is 17.9. The molecule has 0 unspecified atom stereocenters. The van der Waals surface area contributed by atoms with Crippen molar-refractivity contribution in [2.24, 2.45) is 0 Å². The summed E-state index contributed by atoms with van der Waals surface area (Å²) < 4.78 is 8.52. The highest BCUT2D eigenvalue weighted by molar-refractivity contribution is 9.10. The molecule has 2 heterocycles. The lowest BCUT2D eigenvalue weighted by molar-refractivity contribution is 0.00184. The van der Waals surface area contributed by atoms with E-state index in [0.717, 1.165) is 15.4 Å². The number of nitrogens with zero attached hydrogens (tertiary/aromatic N) is 3. The molecule has 1 fully saturated rings. The Hall–Kier alpha value is -2.02. The summed E-state index contributed by atoms with van der Waals surface area (Å²) in [6.07, 6.45) is -0.321. The van der Waals surface area contributed by atoms with Gasteiger partial charge in [0, 0.05) is 42.1 Å². The zero-order chi connectivity index (χ0) is 20.6. The molecule has 2 aromatic rings. The Balaban J connectivity index is 1.79. The zero-order valence-corrected chi connectivity index (χ0v) is 18.7. The SMILES string of the molecule is CCn1c(C(=O)N2CCN(C(=O)OC(C)(C)C)[C@H](C)C2)cc2cccc(Br)c21. The van der Waals surface area contributed by atoms with Crippen LogP contribution in [-0.2, 0) is 11.3 Å². The third kappa shape index (κ3) is 4.04. The second-order valence-electron chi connectivity index (χ2n) is 8.23. The van der Waals surface area contributed by atoms with Crippen molar-refractivity contribution in [3.8, 4) is 0 Å². The molecule has 1 aromatic carbocycles. The average Bonchev–Trinajstić information content (AvgIpc) is 2.99. The number of rotatable bonds is 2. The van der Waals surface area contributed by atoms with E-state index in [2.05, 4.69) is 15.9 Å². The molecular formula is C21H28BrN3O3. The number of carbonyl (C=O) groups is 2. The van der Waals surface area contributed by atoms with Gasteiger partial charge in [-0.2, -0.15) is 0 Å². The first-order valence-electron chi connectivity index (χ1n) is 9.69. The van der Waals surface area contributed by atoms with Gasteiger partial charge in [0.2, 0.25) is 0 Å². The summed E-state index contributed by atoms with van der Waals surface area (Å²) in [4.78, 5) is 29.2. The quantitative estimate of drug-likeness (QED) is 0.677. The number of aryl methyl sites for hydroxylation is 1. The van der Waals surface area contributed by atoms with E-state index in [9.17, 15) is 9.59 Å². The number of fused-ring (bicyclic) bond motifs is 1. The molecule has 1 aliphatic heterocycles. The fraction of sp³-hybridized carbons (Fsp3) is 0.524. The minimum Gasteiger partial charge on any atom is -0.444 e. The predicted octanol–water partition coefficient (Wildman–Crippen LogP) is 4.51. The third-order valence-corrected chi connectivity index (χ3v) is 5.59. The molecule has 0 radical (unpaired) electrons. The number of para-hydroxylation sites is 1. The topological polar surface area (TPSA) is 54.8 Å². The molecule has 0 N–H and O–H groups in total. The molecule has 7 heteroatoms. The second-order valence-corrected chi connectivity index (χ2v) is 9.08. The van der Waals surface area contributed by atoms with Gasteiger partial charge in [-0.05, 0) is 62.7 Å². The Kier molecular flexibility index (Phi) is 5.75. The number of aromatic nitrogens is 1. The number of ether oxygens (including phenoxy) is 1. The maximum absolute atomic E-state index is 13.3. The van der Waals surface area contributed by atoms with Crippen molar-refractivity contribution in [3.05, 3.63) is 34.4 Å². The second kappa shape index (κ2) is 7.78. The number of hydrogen-bond acceptors (Lipinski definition) is 3. The minimum absolute atomic E-state index is 0.000591. The van der Waals surface area contributed by atoms with Gasteiger partial charge < -0.3 is 19.1 Å². The van der Waals surface area contributed by atoms with Gasteiger partial charge in [0.1, 0.15) is 11.3 Å². The Morgan fingerprint density at radius 3 is 2.57 bits per heavy atom. The van der Waals surface area contributed by atoms with Crippen LogP contribution in [0.5, 0.6) is 0 Å². The molecule has 6 nitrogen and oxygen atoms in total. The van der Waals surface area contributed by atoms with Crippen molar-refractivity contribution in [1.29, 1.82) is 0 Å². The summed E-state index contributed by atoms with van der Waals surface area (Å²) in [5, 5.41) is 1.04. The van der Waals surface area contributed by atoms with Gasteiger partial charge >= 0.3 is 6.09 Å². The molecule has 28 heavy (non-hydrogen) atoms. The summed E-state index contributed by atoms with van der Waals surface area (Å²) in [6, 6.07) is 7.84. The van der Waals surface area contributed by atoms with E-state index in [4.69, 9.17) is 4.74 Å². The van der Waals surface area contributed by atoms with Gasteiger partial charge in [0.15, 0.2) is 0 Å². The first-order valence-corrected chi connectivity index (χ1v) is 10.5. The summed E-state index contributed by atoms with van der Waals surface area (Å²) in [7, 11) is 0. The smallest absolute Gasteiger partial charge is 0.410 e. The van der Waals surface area contributed by atoms with Crippen LogP contribution >= 0.6 is 15.9 Å². The zero-order valence-electron chi connectivity index (χ0n) is 17.2. The first-order chi connectivity index (χ1) is 13.1. The van der Waals surface area contributed by atoms with E-state index < -0.39 is 5.60 Å². The molecule has 1 aromatic heterocycles. The van der Waals surface area contributed by atoms with Gasteiger partial charge in [-0.15, -0.1) is 0 Å². The van der Waals surface area contributed by atoms with Gasteiger partial charge in [0.05, 0.1) is 5.52 Å². The van der Waals surface area contributed by atoms with Gasteiger partial charge in [-0.1, -0.05) is 12.1 Å². The van der Waals surface area contributed by atoms with Crippen molar-refractivity contribution >= 4 is 38.8 Å². The lowest BCUT2D eigenvalue weighted by Gasteiger charge is -2.40. The number of amides is 2. The fourth-order valence-corrected chi connectivity index (χ4v) is 4.28. The van der Waals surface area contributed by atoms with Crippen LogP contribution in [0.15, 0.2) is 28.7 Å². The van der Waals surface area contributed by atoms with Crippen LogP contribution in [-0.4, -0.2) is 57.6 Å².